The molecule has 0 saturated carbocycles. The second-order valence-electron chi connectivity index (χ2n) is 10.3. The quantitative estimate of drug-likeness (QED) is 0.194. The molecule has 0 radical (unpaired) electrons. The van der Waals surface area contributed by atoms with Crippen molar-refractivity contribution in [2.75, 3.05) is 10.6 Å². The first-order valence-electron chi connectivity index (χ1n) is 14.4. The fourth-order valence-corrected chi connectivity index (χ4v) is 5.45. The minimum atomic E-state index is 1.03. The van der Waals surface area contributed by atoms with E-state index in [1.807, 2.05) is 12.1 Å². The van der Waals surface area contributed by atoms with Gasteiger partial charge in [-0.2, -0.15) is 0 Å². The monoisotopic (exact) mass is 572 g/mol. The lowest BCUT2D eigenvalue weighted by atomic mass is 10.0. The van der Waals surface area contributed by atoms with Gasteiger partial charge in [0.1, 0.15) is 0 Å². The van der Waals surface area contributed by atoms with Gasteiger partial charge in [0.15, 0.2) is 0 Å². The lowest BCUT2D eigenvalue weighted by molar-refractivity contribution is 1.50. The van der Waals surface area contributed by atoms with Gasteiger partial charge in [0, 0.05) is 11.4 Å². The van der Waals surface area contributed by atoms with Crippen LogP contribution < -0.4 is 15.9 Å². The highest BCUT2D eigenvalue weighted by Gasteiger charge is 2.06. The first-order valence-corrected chi connectivity index (χ1v) is 15.0. The Hall–Kier alpha value is -5.17. The molecule has 2 N–H and O–H groups in total. The Morgan fingerprint density at radius 1 is 0.349 bits per heavy atom. The molecule has 0 aliphatic heterocycles. The molecular weight excluding hydrogens is 539 g/mol. The maximum atomic E-state index is 3.59. The van der Waals surface area contributed by atoms with Gasteiger partial charge in [0.2, 0.25) is 0 Å². The van der Waals surface area contributed by atoms with Crippen molar-refractivity contribution in [1.29, 1.82) is 0 Å². The van der Waals surface area contributed by atoms with Crippen molar-refractivity contribution in [2.45, 2.75) is 0 Å². The molecule has 0 heterocycles. The SMILES string of the molecule is Pc1cccc2ccccc12.c1ccc(-c2cccc(Nc3ccccc3Nc3cccc(-c4ccccc4)c3)c2)cc1. The molecule has 0 aliphatic rings. The summed E-state index contributed by atoms with van der Waals surface area (Å²) in [5.74, 6) is 0. The number of rotatable bonds is 6. The summed E-state index contributed by atoms with van der Waals surface area (Å²) in [5.41, 5.74) is 8.97. The van der Waals surface area contributed by atoms with Gasteiger partial charge >= 0.3 is 0 Å². The maximum absolute atomic E-state index is 3.59. The van der Waals surface area contributed by atoms with Crippen LogP contribution in [0.4, 0.5) is 22.7 Å². The minimum absolute atomic E-state index is 1.03. The molecule has 1 atom stereocenters. The average molecular weight is 573 g/mol. The van der Waals surface area contributed by atoms with Crippen molar-refractivity contribution in [3.63, 3.8) is 0 Å². The molecule has 1 unspecified atom stereocenters. The van der Waals surface area contributed by atoms with E-state index >= 15 is 0 Å². The molecule has 0 bridgehead atoms. The van der Waals surface area contributed by atoms with Gasteiger partial charge in [-0.25, -0.2) is 0 Å². The van der Waals surface area contributed by atoms with E-state index < -0.39 is 0 Å². The standard InChI is InChI=1S/C30H24N2.C10H9P/c1-3-11-23(12-4-1)25-15-9-17-27(21-25)31-29-19-7-8-20-30(29)32-28-18-10-16-26(22-28)24-13-5-2-6-14-24;11-10-7-3-5-8-4-1-2-6-9(8)10/h1-22,31-32H;1-7H,11H2. The second-order valence-corrected chi connectivity index (χ2v) is 10.9. The average Bonchev–Trinajstić information content (AvgIpc) is 3.07. The fraction of sp³-hybridized carbons (Fsp3) is 0. The molecule has 2 nitrogen and oxygen atoms in total. The first-order chi connectivity index (χ1) is 21.2. The van der Waals surface area contributed by atoms with Crippen LogP contribution in [0.5, 0.6) is 0 Å². The summed E-state index contributed by atoms with van der Waals surface area (Å²) < 4.78 is 0. The Balaban J connectivity index is 0.000000250. The molecule has 0 amide bonds. The zero-order valence-corrected chi connectivity index (χ0v) is 25.0. The minimum Gasteiger partial charge on any atom is -0.354 e. The van der Waals surface area contributed by atoms with Crippen LogP contribution in [-0.4, -0.2) is 0 Å². The van der Waals surface area contributed by atoms with E-state index in [0.717, 1.165) is 22.7 Å². The van der Waals surface area contributed by atoms with E-state index in [0.29, 0.717) is 0 Å². The summed E-state index contributed by atoms with van der Waals surface area (Å²) in [6.45, 7) is 0. The summed E-state index contributed by atoms with van der Waals surface area (Å²) in [6.07, 6.45) is 0. The highest BCUT2D eigenvalue weighted by atomic mass is 31.0. The van der Waals surface area contributed by atoms with Gasteiger partial charge < -0.3 is 10.6 Å². The fourth-order valence-electron chi connectivity index (χ4n) is 5.08. The zero-order chi connectivity index (χ0) is 29.3. The van der Waals surface area contributed by atoms with Crippen LogP contribution in [0.2, 0.25) is 0 Å². The van der Waals surface area contributed by atoms with Crippen molar-refractivity contribution >= 4 is 48.1 Å². The van der Waals surface area contributed by atoms with Gasteiger partial charge in [-0.3, -0.25) is 0 Å². The Bertz CT molecular complexity index is 1830. The number of fused-ring (bicyclic) bond motifs is 1. The van der Waals surface area contributed by atoms with E-state index in [-0.39, 0.29) is 0 Å². The van der Waals surface area contributed by atoms with Gasteiger partial charge in [-0.15, -0.1) is 9.24 Å². The summed E-state index contributed by atoms with van der Waals surface area (Å²) in [7, 11) is 2.74. The molecule has 208 valence electrons. The van der Waals surface area contributed by atoms with Crippen molar-refractivity contribution in [2.24, 2.45) is 0 Å². The number of benzene rings is 7. The highest BCUT2D eigenvalue weighted by Crippen LogP contribution is 2.31. The van der Waals surface area contributed by atoms with E-state index in [1.165, 1.54) is 38.3 Å². The van der Waals surface area contributed by atoms with Crippen LogP contribution in [0.15, 0.2) is 176 Å². The molecule has 0 fully saturated rings. The maximum Gasteiger partial charge on any atom is 0.0623 e. The normalized spacial score (nSPS) is 10.4. The second kappa shape index (κ2) is 13.7. The number of para-hydroxylation sites is 2. The Morgan fingerprint density at radius 2 is 0.767 bits per heavy atom. The van der Waals surface area contributed by atoms with E-state index in [2.05, 4.69) is 184 Å². The predicted molar refractivity (Wildman–Crippen MR) is 190 cm³/mol. The zero-order valence-electron chi connectivity index (χ0n) is 23.8. The largest absolute Gasteiger partial charge is 0.354 e. The Labute approximate surface area is 256 Å². The Morgan fingerprint density at radius 3 is 1.30 bits per heavy atom. The smallest absolute Gasteiger partial charge is 0.0623 e. The van der Waals surface area contributed by atoms with Gasteiger partial charge in [0.05, 0.1) is 11.4 Å². The van der Waals surface area contributed by atoms with Gasteiger partial charge in [-0.05, 0) is 74.7 Å². The number of hydrogen-bond donors (Lipinski definition) is 2. The molecule has 7 aromatic rings. The van der Waals surface area contributed by atoms with Crippen molar-refractivity contribution in [3.8, 4) is 22.3 Å². The number of nitrogens with one attached hydrogen (secondary N) is 2. The predicted octanol–water partition coefficient (Wildman–Crippen LogP) is 10.8. The van der Waals surface area contributed by atoms with Crippen LogP contribution in [-0.2, 0) is 0 Å². The summed E-state index contributed by atoms with van der Waals surface area (Å²) in [4.78, 5) is 0. The topological polar surface area (TPSA) is 24.1 Å². The van der Waals surface area contributed by atoms with E-state index in [9.17, 15) is 0 Å². The van der Waals surface area contributed by atoms with Gasteiger partial charge in [-0.1, -0.05) is 140 Å². The van der Waals surface area contributed by atoms with Crippen LogP contribution in [0.1, 0.15) is 0 Å². The van der Waals surface area contributed by atoms with Crippen LogP contribution in [0, 0.1) is 0 Å². The number of hydrogen-bond acceptors (Lipinski definition) is 2. The van der Waals surface area contributed by atoms with Crippen molar-refractivity contribution < 1.29 is 0 Å². The van der Waals surface area contributed by atoms with Crippen LogP contribution in [0.3, 0.4) is 0 Å². The van der Waals surface area contributed by atoms with Crippen molar-refractivity contribution in [3.05, 3.63) is 176 Å². The summed E-state index contributed by atoms with van der Waals surface area (Å²) in [5, 5.41) is 11.1. The van der Waals surface area contributed by atoms with E-state index in [4.69, 9.17) is 0 Å². The van der Waals surface area contributed by atoms with Crippen molar-refractivity contribution in [1.82, 2.24) is 0 Å². The lowest BCUT2D eigenvalue weighted by Gasteiger charge is -2.15. The third-order valence-electron chi connectivity index (χ3n) is 7.25. The third-order valence-corrected chi connectivity index (χ3v) is 7.75. The number of anilines is 4. The molecule has 0 spiro atoms. The molecule has 0 aromatic heterocycles. The van der Waals surface area contributed by atoms with Gasteiger partial charge in [0.25, 0.3) is 0 Å². The van der Waals surface area contributed by atoms with Crippen LogP contribution >= 0.6 is 9.24 Å². The lowest BCUT2D eigenvalue weighted by Crippen LogP contribution is -1.97. The highest BCUT2D eigenvalue weighted by molar-refractivity contribution is 7.28. The Kier molecular flexibility index (Phi) is 8.89. The van der Waals surface area contributed by atoms with E-state index in [1.54, 1.807) is 0 Å². The molecule has 7 aromatic carbocycles. The molecule has 43 heavy (non-hydrogen) atoms. The molecule has 7 rings (SSSR count). The summed E-state index contributed by atoms with van der Waals surface area (Å²) in [6, 6.07) is 60.9. The first kappa shape index (κ1) is 28.0. The van der Waals surface area contributed by atoms with Crippen LogP contribution in [0.25, 0.3) is 33.0 Å². The third kappa shape index (κ3) is 7.19. The summed E-state index contributed by atoms with van der Waals surface area (Å²) >= 11 is 0. The molecule has 3 heteroatoms. The molecular formula is C40H33N2P. The molecule has 0 saturated heterocycles. The molecule has 0 aliphatic carbocycles.